The van der Waals surface area contributed by atoms with Gasteiger partial charge in [-0.05, 0) is 19.8 Å². The molecule has 1 N–H and O–H groups in total. The minimum atomic E-state index is -0.329. The van der Waals surface area contributed by atoms with E-state index in [4.69, 9.17) is 9.26 Å². The van der Waals surface area contributed by atoms with Gasteiger partial charge in [0.05, 0.1) is 6.54 Å². The van der Waals surface area contributed by atoms with Crippen molar-refractivity contribution in [1.29, 1.82) is 0 Å². The van der Waals surface area contributed by atoms with E-state index in [1.165, 1.54) is 25.7 Å². The predicted octanol–water partition coefficient (Wildman–Crippen LogP) is 3.15. The van der Waals surface area contributed by atoms with Crippen molar-refractivity contribution in [3.63, 3.8) is 0 Å². The molecule has 0 bridgehead atoms. The molecule has 1 heterocycles. The fraction of sp³-hybridized carbons (Fsp3) is 0.867. The van der Waals surface area contributed by atoms with Crippen molar-refractivity contribution in [2.24, 2.45) is 0 Å². The molecule has 0 atom stereocenters. The van der Waals surface area contributed by atoms with E-state index >= 15 is 0 Å². The van der Waals surface area contributed by atoms with Gasteiger partial charge in [-0.1, -0.05) is 44.7 Å². The molecule has 0 unspecified atom stereocenters. The van der Waals surface area contributed by atoms with E-state index in [2.05, 4.69) is 29.3 Å². The first-order valence-electron chi connectivity index (χ1n) is 7.87. The molecule has 0 saturated heterocycles. The quantitative estimate of drug-likeness (QED) is 0.812. The molecule has 0 radical (unpaired) electrons. The molecule has 2 rings (SSSR count). The standard InChI is InChI=1S/C15H27N3O2/c1-4-19-15(9-7-5-6-8-10-15)14-17-13(20-18-14)11-16-12(2)3/h12,16H,4-11H2,1-3H3. The summed E-state index contributed by atoms with van der Waals surface area (Å²) in [7, 11) is 0. The van der Waals surface area contributed by atoms with Crippen LogP contribution < -0.4 is 5.32 Å². The topological polar surface area (TPSA) is 60.2 Å². The summed E-state index contributed by atoms with van der Waals surface area (Å²) in [5.74, 6) is 1.39. The zero-order valence-corrected chi connectivity index (χ0v) is 12.9. The Labute approximate surface area is 121 Å². The molecular formula is C15H27N3O2. The summed E-state index contributed by atoms with van der Waals surface area (Å²) in [6.45, 7) is 7.55. The monoisotopic (exact) mass is 281 g/mol. The molecule has 1 aliphatic rings. The summed E-state index contributed by atoms with van der Waals surface area (Å²) in [6, 6.07) is 0.407. The van der Waals surface area contributed by atoms with E-state index < -0.39 is 0 Å². The molecule has 1 saturated carbocycles. The minimum Gasteiger partial charge on any atom is -0.367 e. The number of ether oxygens (including phenoxy) is 1. The van der Waals surface area contributed by atoms with E-state index in [0.717, 1.165) is 18.7 Å². The summed E-state index contributed by atoms with van der Waals surface area (Å²) in [5.41, 5.74) is -0.329. The number of hydrogen-bond donors (Lipinski definition) is 1. The smallest absolute Gasteiger partial charge is 0.240 e. The second-order valence-corrected chi connectivity index (χ2v) is 5.89. The molecule has 5 nitrogen and oxygen atoms in total. The summed E-state index contributed by atoms with van der Waals surface area (Å²) in [5, 5.41) is 7.50. The van der Waals surface area contributed by atoms with Gasteiger partial charge in [-0.3, -0.25) is 0 Å². The van der Waals surface area contributed by atoms with Gasteiger partial charge in [0, 0.05) is 12.6 Å². The fourth-order valence-corrected chi connectivity index (χ4v) is 2.81. The molecular weight excluding hydrogens is 254 g/mol. The molecule has 0 aromatic carbocycles. The molecule has 1 aromatic rings. The molecule has 5 heteroatoms. The summed E-state index contributed by atoms with van der Waals surface area (Å²) >= 11 is 0. The van der Waals surface area contributed by atoms with Gasteiger partial charge in [-0.15, -0.1) is 0 Å². The van der Waals surface area contributed by atoms with Crippen LogP contribution in [0.15, 0.2) is 4.52 Å². The second-order valence-electron chi connectivity index (χ2n) is 5.89. The van der Waals surface area contributed by atoms with Crippen LogP contribution >= 0.6 is 0 Å². The molecule has 1 fully saturated rings. The van der Waals surface area contributed by atoms with Crippen LogP contribution in [0.4, 0.5) is 0 Å². The predicted molar refractivity (Wildman–Crippen MR) is 77.3 cm³/mol. The normalized spacial score (nSPS) is 19.2. The van der Waals surface area contributed by atoms with Gasteiger partial charge in [0.2, 0.25) is 11.7 Å². The Balaban J connectivity index is 2.12. The van der Waals surface area contributed by atoms with Crippen LogP contribution in [0.2, 0.25) is 0 Å². The SMILES string of the molecule is CCOC1(c2noc(CNC(C)C)n2)CCCCCC1. The zero-order valence-electron chi connectivity index (χ0n) is 12.9. The van der Waals surface area contributed by atoms with Gasteiger partial charge in [-0.25, -0.2) is 0 Å². The third kappa shape index (κ3) is 3.79. The van der Waals surface area contributed by atoms with E-state index in [1.54, 1.807) is 0 Å². The number of nitrogens with one attached hydrogen (secondary N) is 1. The summed E-state index contributed by atoms with van der Waals surface area (Å²) < 4.78 is 11.4. The van der Waals surface area contributed by atoms with Crippen LogP contribution in [0, 0.1) is 0 Å². The van der Waals surface area contributed by atoms with Gasteiger partial charge in [0.25, 0.3) is 0 Å². The molecule has 114 valence electrons. The largest absolute Gasteiger partial charge is 0.367 e. The van der Waals surface area contributed by atoms with E-state index in [0.29, 0.717) is 25.1 Å². The lowest BCUT2D eigenvalue weighted by Gasteiger charge is -2.29. The van der Waals surface area contributed by atoms with Crippen LogP contribution in [0.3, 0.4) is 0 Å². The number of rotatable bonds is 6. The number of nitrogens with zero attached hydrogens (tertiary/aromatic N) is 2. The highest BCUT2D eigenvalue weighted by Gasteiger charge is 2.38. The summed E-state index contributed by atoms with van der Waals surface area (Å²) in [6.07, 6.45) is 6.89. The molecule has 0 spiro atoms. The fourth-order valence-electron chi connectivity index (χ4n) is 2.81. The lowest BCUT2D eigenvalue weighted by atomic mass is 9.93. The summed E-state index contributed by atoms with van der Waals surface area (Å²) in [4.78, 5) is 4.57. The average molecular weight is 281 g/mol. The first-order valence-corrected chi connectivity index (χ1v) is 7.87. The van der Waals surface area contributed by atoms with Crippen LogP contribution in [0.1, 0.15) is 71.0 Å². The van der Waals surface area contributed by atoms with Gasteiger partial charge in [0.1, 0.15) is 5.60 Å². The second kappa shape index (κ2) is 7.18. The van der Waals surface area contributed by atoms with Crippen LogP contribution in [0.25, 0.3) is 0 Å². The van der Waals surface area contributed by atoms with Gasteiger partial charge in [0.15, 0.2) is 0 Å². The third-order valence-electron chi connectivity index (χ3n) is 3.87. The van der Waals surface area contributed by atoms with E-state index in [1.807, 2.05) is 6.92 Å². The first-order chi connectivity index (χ1) is 9.66. The van der Waals surface area contributed by atoms with Crippen molar-refractivity contribution in [2.45, 2.75) is 77.5 Å². The Kier molecular flexibility index (Phi) is 5.54. The van der Waals surface area contributed by atoms with Crippen LogP contribution in [0.5, 0.6) is 0 Å². The van der Waals surface area contributed by atoms with Gasteiger partial charge in [-0.2, -0.15) is 4.98 Å². The third-order valence-corrected chi connectivity index (χ3v) is 3.87. The number of aromatic nitrogens is 2. The van der Waals surface area contributed by atoms with Crippen molar-refractivity contribution in [1.82, 2.24) is 15.5 Å². The molecule has 0 aliphatic heterocycles. The lowest BCUT2D eigenvalue weighted by Crippen LogP contribution is -2.31. The minimum absolute atomic E-state index is 0.329. The van der Waals surface area contributed by atoms with Gasteiger partial charge < -0.3 is 14.6 Å². The van der Waals surface area contributed by atoms with Crippen molar-refractivity contribution >= 4 is 0 Å². The number of hydrogen-bond acceptors (Lipinski definition) is 5. The molecule has 0 amide bonds. The highest BCUT2D eigenvalue weighted by molar-refractivity contribution is 5.03. The van der Waals surface area contributed by atoms with Crippen molar-refractivity contribution in [3.05, 3.63) is 11.7 Å². The molecule has 20 heavy (non-hydrogen) atoms. The maximum absolute atomic E-state index is 6.07. The van der Waals surface area contributed by atoms with Crippen LogP contribution in [-0.2, 0) is 16.9 Å². The Morgan fingerprint density at radius 1 is 1.25 bits per heavy atom. The Hall–Kier alpha value is -0.940. The lowest BCUT2D eigenvalue weighted by molar-refractivity contribution is -0.0636. The van der Waals surface area contributed by atoms with Crippen molar-refractivity contribution in [2.75, 3.05) is 6.61 Å². The van der Waals surface area contributed by atoms with Crippen molar-refractivity contribution < 1.29 is 9.26 Å². The Morgan fingerprint density at radius 2 is 1.95 bits per heavy atom. The average Bonchev–Trinajstić information content (AvgIpc) is 2.78. The first kappa shape index (κ1) is 15.4. The maximum atomic E-state index is 6.07. The molecule has 1 aliphatic carbocycles. The Bertz CT molecular complexity index is 396. The molecule has 1 aromatic heterocycles. The van der Waals surface area contributed by atoms with E-state index in [9.17, 15) is 0 Å². The maximum Gasteiger partial charge on any atom is 0.240 e. The zero-order chi connectivity index (χ0) is 14.4. The highest BCUT2D eigenvalue weighted by atomic mass is 16.5. The highest BCUT2D eigenvalue weighted by Crippen LogP contribution is 2.37. The van der Waals surface area contributed by atoms with Gasteiger partial charge >= 0.3 is 0 Å². The van der Waals surface area contributed by atoms with E-state index in [-0.39, 0.29) is 5.60 Å². The Morgan fingerprint density at radius 3 is 2.55 bits per heavy atom. The van der Waals surface area contributed by atoms with Crippen LogP contribution in [-0.4, -0.2) is 22.8 Å². The van der Waals surface area contributed by atoms with Crippen molar-refractivity contribution in [3.8, 4) is 0 Å².